The van der Waals surface area contributed by atoms with Crippen LogP contribution >= 0.6 is 0 Å². The fourth-order valence-corrected chi connectivity index (χ4v) is 2.62. The van der Waals surface area contributed by atoms with Gasteiger partial charge in [0, 0.05) is 37.5 Å². The Balaban J connectivity index is 2.22. The van der Waals surface area contributed by atoms with Gasteiger partial charge in [-0.25, -0.2) is 0 Å². The van der Waals surface area contributed by atoms with Crippen molar-refractivity contribution in [2.24, 2.45) is 7.05 Å². The van der Waals surface area contributed by atoms with Crippen LogP contribution < -0.4 is 5.56 Å². The van der Waals surface area contributed by atoms with E-state index in [1.165, 1.54) is 10.6 Å². The van der Waals surface area contributed by atoms with E-state index in [2.05, 4.69) is 0 Å². The molecule has 1 aromatic heterocycles. The Bertz CT molecular complexity index is 504. The third-order valence-corrected chi connectivity index (χ3v) is 3.72. The van der Waals surface area contributed by atoms with E-state index in [0.29, 0.717) is 12.1 Å². The Morgan fingerprint density at radius 3 is 2.74 bits per heavy atom. The summed E-state index contributed by atoms with van der Waals surface area (Å²) in [5.41, 5.74) is 0.213. The van der Waals surface area contributed by atoms with E-state index in [1.807, 2.05) is 0 Å². The minimum absolute atomic E-state index is 0.0485. The van der Waals surface area contributed by atoms with Gasteiger partial charge >= 0.3 is 0 Å². The van der Waals surface area contributed by atoms with Gasteiger partial charge in [-0.3, -0.25) is 9.59 Å². The smallest absolute Gasteiger partial charge is 0.254 e. The normalized spacial score (nSPS) is 15.7. The van der Waals surface area contributed by atoms with Gasteiger partial charge in [0.25, 0.3) is 11.5 Å². The maximum Gasteiger partial charge on any atom is 0.254 e. The first-order chi connectivity index (χ1) is 9.13. The summed E-state index contributed by atoms with van der Waals surface area (Å²) in [7, 11) is 1.65. The molecule has 0 aliphatic heterocycles. The zero-order valence-electron chi connectivity index (χ0n) is 11.2. The molecule has 1 fully saturated rings. The predicted molar refractivity (Wildman–Crippen MR) is 72.1 cm³/mol. The third kappa shape index (κ3) is 3.04. The van der Waals surface area contributed by atoms with E-state index in [0.717, 1.165) is 25.7 Å². The molecule has 1 saturated carbocycles. The number of aliphatic hydroxyl groups excluding tert-OH is 1. The number of pyridine rings is 1. The second-order valence-corrected chi connectivity index (χ2v) is 5.02. The van der Waals surface area contributed by atoms with Crippen molar-refractivity contribution in [3.8, 4) is 0 Å². The fourth-order valence-electron chi connectivity index (χ4n) is 2.62. The molecule has 0 radical (unpaired) electrons. The summed E-state index contributed by atoms with van der Waals surface area (Å²) in [5, 5.41) is 9.13. The van der Waals surface area contributed by atoms with Crippen LogP contribution in [0.2, 0.25) is 0 Å². The average Bonchev–Trinajstić information content (AvgIpc) is 2.92. The Morgan fingerprint density at radius 1 is 1.47 bits per heavy atom. The van der Waals surface area contributed by atoms with Gasteiger partial charge in [0.2, 0.25) is 0 Å². The highest BCUT2D eigenvalue weighted by molar-refractivity contribution is 5.94. The number of carbonyl (C=O) groups is 1. The Labute approximate surface area is 112 Å². The lowest BCUT2D eigenvalue weighted by Gasteiger charge is -2.28. The molecular formula is C14H20N2O3. The molecule has 1 heterocycles. The molecule has 1 aliphatic rings. The number of rotatable bonds is 4. The number of amides is 1. The summed E-state index contributed by atoms with van der Waals surface area (Å²) in [6, 6.07) is 3.22. The van der Waals surface area contributed by atoms with Gasteiger partial charge in [-0.1, -0.05) is 12.8 Å². The molecule has 0 aromatic carbocycles. The molecular weight excluding hydrogens is 244 g/mol. The summed E-state index contributed by atoms with van der Waals surface area (Å²) in [6.07, 6.45) is 5.81. The molecule has 104 valence electrons. The zero-order chi connectivity index (χ0) is 13.8. The van der Waals surface area contributed by atoms with Crippen molar-refractivity contribution in [1.82, 2.24) is 9.47 Å². The number of carbonyl (C=O) groups excluding carboxylic acids is 1. The first kappa shape index (κ1) is 13.8. The monoisotopic (exact) mass is 264 g/mol. The molecule has 0 saturated heterocycles. The van der Waals surface area contributed by atoms with E-state index in [1.54, 1.807) is 24.2 Å². The lowest BCUT2D eigenvalue weighted by Crippen LogP contribution is -2.41. The Morgan fingerprint density at radius 2 is 2.16 bits per heavy atom. The van der Waals surface area contributed by atoms with Crippen molar-refractivity contribution in [2.45, 2.75) is 31.7 Å². The quantitative estimate of drug-likeness (QED) is 0.873. The van der Waals surface area contributed by atoms with E-state index in [4.69, 9.17) is 5.11 Å². The van der Waals surface area contributed by atoms with Crippen LogP contribution in [0.3, 0.4) is 0 Å². The fraction of sp³-hybridized carbons (Fsp3) is 0.571. The second-order valence-electron chi connectivity index (χ2n) is 5.02. The molecule has 0 atom stereocenters. The Kier molecular flexibility index (Phi) is 4.37. The maximum absolute atomic E-state index is 12.5. The number of aromatic nitrogens is 1. The predicted octanol–water partition coefficient (Wildman–Crippen LogP) is 0.762. The second kappa shape index (κ2) is 6.02. The summed E-state index contributed by atoms with van der Waals surface area (Å²) in [6.45, 7) is 0.284. The zero-order valence-corrected chi connectivity index (χ0v) is 11.2. The van der Waals surface area contributed by atoms with Crippen molar-refractivity contribution >= 4 is 5.91 Å². The maximum atomic E-state index is 12.5. The summed E-state index contributed by atoms with van der Waals surface area (Å²) in [5.74, 6) is -0.154. The van der Waals surface area contributed by atoms with Gasteiger partial charge in [-0.05, 0) is 18.9 Å². The molecule has 5 heteroatoms. The first-order valence-electron chi connectivity index (χ1n) is 6.72. The molecule has 5 nitrogen and oxygen atoms in total. The first-order valence-corrected chi connectivity index (χ1v) is 6.72. The minimum Gasteiger partial charge on any atom is -0.395 e. The molecule has 1 aliphatic carbocycles. The van der Waals surface area contributed by atoms with E-state index >= 15 is 0 Å². The number of aliphatic hydroxyl groups is 1. The molecule has 0 bridgehead atoms. The largest absolute Gasteiger partial charge is 0.395 e. The number of hydrogen-bond acceptors (Lipinski definition) is 3. The molecule has 19 heavy (non-hydrogen) atoms. The van der Waals surface area contributed by atoms with Crippen LogP contribution in [0.1, 0.15) is 36.0 Å². The number of aryl methyl sites for hydroxylation is 1. The topological polar surface area (TPSA) is 62.5 Å². The highest BCUT2D eigenvalue weighted by Gasteiger charge is 2.27. The van der Waals surface area contributed by atoms with Gasteiger partial charge < -0.3 is 14.6 Å². The van der Waals surface area contributed by atoms with Gasteiger partial charge in [0.05, 0.1) is 6.61 Å². The summed E-state index contributed by atoms with van der Waals surface area (Å²) in [4.78, 5) is 25.8. The molecule has 1 N–H and O–H groups in total. The van der Waals surface area contributed by atoms with Crippen LogP contribution in [-0.4, -0.2) is 39.7 Å². The average molecular weight is 264 g/mol. The molecule has 0 spiro atoms. The minimum atomic E-state index is -0.193. The number of nitrogens with zero attached hydrogens (tertiary/aromatic N) is 2. The molecule has 1 amide bonds. The van der Waals surface area contributed by atoms with Gasteiger partial charge in [-0.15, -0.1) is 0 Å². The standard InChI is InChI=1S/C14H20N2O3/c1-15-7-6-11(10-13(15)18)14(19)16(8-9-17)12-4-2-3-5-12/h6-7,10,12,17H,2-5,8-9H2,1H3. The lowest BCUT2D eigenvalue weighted by molar-refractivity contribution is 0.0637. The van der Waals surface area contributed by atoms with Crippen LogP contribution in [0.25, 0.3) is 0 Å². The van der Waals surface area contributed by atoms with E-state index in [-0.39, 0.29) is 24.1 Å². The van der Waals surface area contributed by atoms with E-state index < -0.39 is 0 Å². The van der Waals surface area contributed by atoms with Gasteiger partial charge in [-0.2, -0.15) is 0 Å². The van der Waals surface area contributed by atoms with Crippen LogP contribution in [0.4, 0.5) is 0 Å². The van der Waals surface area contributed by atoms with Gasteiger partial charge in [0.15, 0.2) is 0 Å². The van der Waals surface area contributed by atoms with Crippen molar-refractivity contribution in [3.63, 3.8) is 0 Å². The molecule has 2 rings (SSSR count). The molecule has 1 aromatic rings. The van der Waals surface area contributed by atoms with Crippen molar-refractivity contribution in [1.29, 1.82) is 0 Å². The third-order valence-electron chi connectivity index (χ3n) is 3.72. The summed E-state index contributed by atoms with van der Waals surface area (Å²) < 4.78 is 1.43. The van der Waals surface area contributed by atoms with Crippen LogP contribution in [0.15, 0.2) is 23.1 Å². The van der Waals surface area contributed by atoms with Crippen LogP contribution in [0.5, 0.6) is 0 Å². The highest BCUT2D eigenvalue weighted by Crippen LogP contribution is 2.24. The lowest BCUT2D eigenvalue weighted by atomic mass is 10.1. The van der Waals surface area contributed by atoms with Crippen molar-refractivity contribution in [3.05, 3.63) is 34.2 Å². The van der Waals surface area contributed by atoms with Crippen molar-refractivity contribution < 1.29 is 9.90 Å². The van der Waals surface area contributed by atoms with Crippen molar-refractivity contribution in [2.75, 3.05) is 13.2 Å². The highest BCUT2D eigenvalue weighted by atomic mass is 16.3. The Hall–Kier alpha value is -1.62. The van der Waals surface area contributed by atoms with Crippen LogP contribution in [0, 0.1) is 0 Å². The van der Waals surface area contributed by atoms with E-state index in [9.17, 15) is 9.59 Å². The number of hydrogen-bond donors (Lipinski definition) is 1. The molecule has 0 unspecified atom stereocenters. The SMILES string of the molecule is Cn1ccc(C(=O)N(CCO)C2CCCC2)cc1=O. The van der Waals surface area contributed by atoms with Crippen LogP contribution in [-0.2, 0) is 7.05 Å². The van der Waals surface area contributed by atoms with Gasteiger partial charge in [0.1, 0.15) is 0 Å². The summed E-state index contributed by atoms with van der Waals surface area (Å²) >= 11 is 0.